The fourth-order valence-electron chi connectivity index (χ4n) is 2.02. The predicted octanol–water partition coefficient (Wildman–Crippen LogP) is 2.80. The first-order valence-electron chi connectivity index (χ1n) is 5.37. The van der Waals surface area contributed by atoms with Crippen molar-refractivity contribution < 1.29 is 0 Å². The molecule has 15 heavy (non-hydrogen) atoms. The fraction of sp³-hybridized carbons (Fsp3) is 0.385. The van der Waals surface area contributed by atoms with Crippen molar-refractivity contribution >= 4 is 5.71 Å². The Morgan fingerprint density at radius 2 is 2.13 bits per heavy atom. The Bertz CT molecular complexity index is 400. The van der Waals surface area contributed by atoms with E-state index in [0.29, 0.717) is 0 Å². The zero-order valence-corrected chi connectivity index (χ0v) is 8.85. The van der Waals surface area contributed by atoms with Gasteiger partial charge in [0.1, 0.15) is 0 Å². The molecule has 1 aromatic carbocycles. The summed E-state index contributed by atoms with van der Waals surface area (Å²) in [6.45, 7) is 2.09. The van der Waals surface area contributed by atoms with Gasteiger partial charge in [0.05, 0.1) is 18.0 Å². The summed E-state index contributed by atoms with van der Waals surface area (Å²) in [6, 6.07) is 12.7. The standard InChI is InChI=1S/C13H14N2/c1-2-12-11(9-14)8-13(15-12)10-6-4-3-5-7-10/h3-7,11-12H,2,8H2,1H3. The van der Waals surface area contributed by atoms with Gasteiger partial charge < -0.3 is 0 Å². The van der Waals surface area contributed by atoms with Crippen LogP contribution in [0.5, 0.6) is 0 Å². The molecule has 0 saturated carbocycles. The Labute approximate surface area is 90.3 Å². The normalized spacial score (nSPS) is 24.7. The highest BCUT2D eigenvalue weighted by atomic mass is 14.8. The molecule has 0 N–H and O–H groups in total. The quantitative estimate of drug-likeness (QED) is 0.719. The lowest BCUT2D eigenvalue weighted by atomic mass is 9.96. The molecule has 0 spiro atoms. The molecule has 0 saturated heterocycles. The zero-order valence-electron chi connectivity index (χ0n) is 8.85. The van der Waals surface area contributed by atoms with E-state index in [2.05, 4.69) is 30.1 Å². The lowest BCUT2D eigenvalue weighted by molar-refractivity contribution is 0.549. The maximum Gasteiger partial charge on any atom is 0.0742 e. The molecule has 2 heteroatoms. The first kappa shape index (κ1) is 9.92. The van der Waals surface area contributed by atoms with Gasteiger partial charge in [-0.25, -0.2) is 0 Å². The molecule has 0 fully saturated rings. The molecule has 76 valence electrons. The third-order valence-electron chi connectivity index (χ3n) is 2.89. The van der Waals surface area contributed by atoms with E-state index in [-0.39, 0.29) is 12.0 Å². The Hall–Kier alpha value is -1.62. The third kappa shape index (κ3) is 1.92. The van der Waals surface area contributed by atoms with Crippen molar-refractivity contribution in [3.63, 3.8) is 0 Å². The van der Waals surface area contributed by atoms with E-state index in [9.17, 15) is 0 Å². The maximum absolute atomic E-state index is 9.01. The Kier molecular flexibility index (Phi) is 2.82. The van der Waals surface area contributed by atoms with Gasteiger partial charge in [0.2, 0.25) is 0 Å². The summed E-state index contributed by atoms with van der Waals surface area (Å²) < 4.78 is 0. The van der Waals surface area contributed by atoms with Gasteiger partial charge in [-0.3, -0.25) is 4.99 Å². The molecule has 2 rings (SSSR count). The monoisotopic (exact) mass is 198 g/mol. The van der Waals surface area contributed by atoms with Crippen molar-refractivity contribution in [1.82, 2.24) is 0 Å². The van der Waals surface area contributed by atoms with Crippen LogP contribution in [-0.4, -0.2) is 11.8 Å². The van der Waals surface area contributed by atoms with E-state index in [4.69, 9.17) is 5.26 Å². The molecule has 0 aliphatic carbocycles. The molecule has 0 bridgehead atoms. The molecular weight excluding hydrogens is 184 g/mol. The SMILES string of the molecule is CCC1N=C(c2ccccc2)CC1C#N. The maximum atomic E-state index is 9.01. The van der Waals surface area contributed by atoms with Gasteiger partial charge in [0, 0.05) is 12.1 Å². The van der Waals surface area contributed by atoms with E-state index >= 15 is 0 Å². The number of hydrogen-bond acceptors (Lipinski definition) is 2. The smallest absolute Gasteiger partial charge is 0.0742 e. The molecule has 1 aliphatic heterocycles. The van der Waals surface area contributed by atoms with E-state index < -0.39 is 0 Å². The average molecular weight is 198 g/mol. The molecular formula is C13H14N2. The Morgan fingerprint density at radius 1 is 1.40 bits per heavy atom. The van der Waals surface area contributed by atoms with Crippen molar-refractivity contribution in [3.05, 3.63) is 35.9 Å². The first-order chi connectivity index (χ1) is 7.35. The largest absolute Gasteiger partial charge is 0.284 e. The summed E-state index contributed by atoms with van der Waals surface area (Å²) in [5, 5.41) is 9.01. The Morgan fingerprint density at radius 3 is 2.67 bits per heavy atom. The van der Waals surface area contributed by atoms with Crippen molar-refractivity contribution in [2.75, 3.05) is 0 Å². The third-order valence-corrected chi connectivity index (χ3v) is 2.89. The summed E-state index contributed by atoms with van der Waals surface area (Å²) >= 11 is 0. The lowest BCUT2D eigenvalue weighted by Gasteiger charge is -2.05. The number of nitrogens with zero attached hydrogens (tertiary/aromatic N) is 2. The lowest BCUT2D eigenvalue weighted by Crippen LogP contribution is -2.10. The highest BCUT2D eigenvalue weighted by Gasteiger charge is 2.28. The van der Waals surface area contributed by atoms with Gasteiger partial charge in [-0.05, 0) is 12.0 Å². The molecule has 2 atom stereocenters. The molecule has 1 aliphatic rings. The molecule has 0 amide bonds. The molecule has 2 unspecified atom stereocenters. The number of benzene rings is 1. The van der Waals surface area contributed by atoms with Crippen molar-refractivity contribution in [3.8, 4) is 6.07 Å². The van der Waals surface area contributed by atoms with Crippen LogP contribution in [0.3, 0.4) is 0 Å². The van der Waals surface area contributed by atoms with E-state index in [0.717, 1.165) is 24.1 Å². The molecule has 1 heterocycles. The van der Waals surface area contributed by atoms with Crippen LogP contribution < -0.4 is 0 Å². The number of hydrogen-bond donors (Lipinski definition) is 0. The number of nitriles is 1. The van der Waals surface area contributed by atoms with Crippen molar-refractivity contribution in [2.24, 2.45) is 10.9 Å². The van der Waals surface area contributed by atoms with Gasteiger partial charge >= 0.3 is 0 Å². The van der Waals surface area contributed by atoms with Crippen LogP contribution in [0.2, 0.25) is 0 Å². The molecule has 0 aromatic heterocycles. The topological polar surface area (TPSA) is 36.1 Å². The van der Waals surface area contributed by atoms with E-state index in [1.807, 2.05) is 18.2 Å². The summed E-state index contributed by atoms with van der Waals surface area (Å²) in [5.74, 6) is 0.0743. The average Bonchev–Trinajstić information content (AvgIpc) is 2.73. The Balaban J connectivity index is 2.24. The van der Waals surface area contributed by atoms with Crippen LogP contribution in [0.1, 0.15) is 25.3 Å². The van der Waals surface area contributed by atoms with Crippen LogP contribution in [-0.2, 0) is 0 Å². The minimum Gasteiger partial charge on any atom is -0.284 e. The predicted molar refractivity (Wildman–Crippen MR) is 60.8 cm³/mol. The van der Waals surface area contributed by atoms with Gasteiger partial charge in [-0.2, -0.15) is 5.26 Å². The van der Waals surface area contributed by atoms with Crippen molar-refractivity contribution in [1.29, 1.82) is 5.26 Å². The summed E-state index contributed by atoms with van der Waals surface area (Å²) in [7, 11) is 0. The van der Waals surface area contributed by atoms with Gasteiger partial charge in [0.15, 0.2) is 0 Å². The number of aliphatic imine (C=N–C) groups is 1. The van der Waals surface area contributed by atoms with E-state index in [1.165, 1.54) is 0 Å². The molecule has 0 radical (unpaired) electrons. The minimum absolute atomic E-state index is 0.0743. The second-order valence-electron chi connectivity index (χ2n) is 3.86. The summed E-state index contributed by atoms with van der Waals surface area (Å²) in [4.78, 5) is 4.62. The van der Waals surface area contributed by atoms with Crippen LogP contribution in [0.15, 0.2) is 35.3 Å². The second-order valence-corrected chi connectivity index (χ2v) is 3.86. The van der Waals surface area contributed by atoms with Crippen LogP contribution in [0.25, 0.3) is 0 Å². The van der Waals surface area contributed by atoms with Crippen molar-refractivity contribution in [2.45, 2.75) is 25.8 Å². The summed E-state index contributed by atoms with van der Waals surface area (Å²) in [6.07, 6.45) is 1.76. The van der Waals surface area contributed by atoms with E-state index in [1.54, 1.807) is 0 Å². The fourth-order valence-corrected chi connectivity index (χ4v) is 2.02. The van der Waals surface area contributed by atoms with Crippen LogP contribution in [0, 0.1) is 17.2 Å². The minimum atomic E-state index is 0.0743. The zero-order chi connectivity index (χ0) is 10.7. The van der Waals surface area contributed by atoms with Gasteiger partial charge in [0.25, 0.3) is 0 Å². The first-order valence-corrected chi connectivity index (χ1v) is 5.37. The molecule has 1 aromatic rings. The van der Waals surface area contributed by atoms with Gasteiger partial charge in [-0.15, -0.1) is 0 Å². The number of rotatable bonds is 2. The van der Waals surface area contributed by atoms with Gasteiger partial charge in [-0.1, -0.05) is 37.3 Å². The van der Waals surface area contributed by atoms with Crippen LogP contribution >= 0.6 is 0 Å². The molecule has 2 nitrogen and oxygen atoms in total. The second kappa shape index (κ2) is 4.27. The highest BCUT2D eigenvalue weighted by molar-refractivity contribution is 6.02. The summed E-state index contributed by atoms with van der Waals surface area (Å²) in [5.41, 5.74) is 2.25. The van der Waals surface area contributed by atoms with Crippen LogP contribution in [0.4, 0.5) is 0 Å². The highest BCUT2D eigenvalue weighted by Crippen LogP contribution is 2.26.